The van der Waals surface area contributed by atoms with Gasteiger partial charge in [-0.15, -0.1) is 0 Å². The molecule has 0 radical (unpaired) electrons. The van der Waals surface area contributed by atoms with Crippen LogP contribution in [-0.2, 0) is 23.8 Å². The Morgan fingerprint density at radius 3 is 2.49 bits per heavy atom. The Labute approximate surface area is 227 Å². The highest BCUT2D eigenvalue weighted by molar-refractivity contribution is 5.89. The monoisotopic (exact) mass is 546 g/mol. The van der Waals surface area contributed by atoms with Crippen LogP contribution in [0.15, 0.2) is 36.4 Å². The minimum atomic E-state index is -2.09. The van der Waals surface area contributed by atoms with Gasteiger partial charge < -0.3 is 39.7 Å². The van der Waals surface area contributed by atoms with Gasteiger partial charge in [-0.25, -0.2) is 4.79 Å². The van der Waals surface area contributed by atoms with Gasteiger partial charge in [-0.1, -0.05) is 51.1 Å². The summed E-state index contributed by atoms with van der Waals surface area (Å²) < 4.78 is 17.6. The van der Waals surface area contributed by atoms with Crippen molar-refractivity contribution in [3.63, 3.8) is 0 Å². The van der Waals surface area contributed by atoms with E-state index in [0.717, 1.165) is 5.56 Å². The summed E-state index contributed by atoms with van der Waals surface area (Å²) >= 11 is 0. The van der Waals surface area contributed by atoms with Crippen LogP contribution in [0.2, 0.25) is 0 Å². The molecule has 5 rings (SSSR count). The lowest BCUT2D eigenvalue weighted by atomic mass is 9.40. The van der Waals surface area contributed by atoms with Crippen molar-refractivity contribution < 1.29 is 49.3 Å². The largest absolute Gasteiger partial charge is 0.456 e. The van der Waals surface area contributed by atoms with E-state index in [1.807, 2.05) is 30.3 Å². The maximum absolute atomic E-state index is 13.7. The molecule has 10 nitrogen and oxygen atoms in total. The number of hydrogen-bond donors (Lipinski definition) is 5. The van der Waals surface area contributed by atoms with Crippen LogP contribution in [0.5, 0.6) is 0 Å². The highest BCUT2D eigenvalue weighted by atomic mass is 16.7. The molecule has 11 atom stereocenters. The fraction of sp³-hybridized carbons (Fsp3) is 0.655. The molecule has 4 fully saturated rings. The molecule has 0 bridgehead atoms. The Balaban J connectivity index is 1.56. The fourth-order valence-electron chi connectivity index (χ4n) is 7.67. The highest BCUT2D eigenvalue weighted by Crippen LogP contribution is 2.65. The van der Waals surface area contributed by atoms with E-state index in [4.69, 9.17) is 14.2 Å². The van der Waals surface area contributed by atoms with Crippen LogP contribution in [0, 0.1) is 22.7 Å². The smallest absolute Gasteiger partial charge is 0.331 e. The molecular weight excluding hydrogens is 508 g/mol. The van der Waals surface area contributed by atoms with Gasteiger partial charge >= 0.3 is 5.97 Å². The molecule has 2 aliphatic carbocycles. The molecule has 2 saturated heterocycles. The maximum Gasteiger partial charge on any atom is 0.331 e. The number of fused-ring (bicyclic) bond motifs is 2. The van der Waals surface area contributed by atoms with Gasteiger partial charge in [0.15, 0.2) is 12.1 Å². The predicted octanol–water partition coefficient (Wildman–Crippen LogP) is 0.575. The zero-order valence-electron chi connectivity index (χ0n) is 22.4. The van der Waals surface area contributed by atoms with Crippen LogP contribution in [0.1, 0.15) is 45.6 Å². The van der Waals surface area contributed by atoms with E-state index < -0.39 is 89.4 Å². The number of Topliss-reactive ketones (excluding diaryl/α,β-unsaturated/α-hetero) is 1. The van der Waals surface area contributed by atoms with Gasteiger partial charge in [-0.05, 0) is 11.6 Å². The lowest BCUT2D eigenvalue weighted by Crippen LogP contribution is -2.77. The summed E-state index contributed by atoms with van der Waals surface area (Å²) in [5.41, 5.74) is -5.60. The van der Waals surface area contributed by atoms with E-state index in [1.165, 1.54) is 13.0 Å². The standard InChI is InChI=1S/C29H38O10/c1-16-22(39-20(32)10-9-17-7-5-4-6-8-17)24(34)27(3)23(21(33)18(31)13-29(27,36)15-30)26(16,2)19-14-28(35)11-12-37-25(28)38-19/h4-10,16,18-19,22-25,30-31,34-36H,11-15H2,1-3H3/b10-9+/t16-,18+,19+,22-,23-,24+,25+,26-,27+,28+,29+/m1/s1. The Morgan fingerprint density at radius 2 is 1.85 bits per heavy atom. The van der Waals surface area contributed by atoms with Crippen LogP contribution in [-0.4, -0.2) is 92.4 Å². The van der Waals surface area contributed by atoms with E-state index in [-0.39, 0.29) is 6.42 Å². The highest BCUT2D eigenvalue weighted by Gasteiger charge is 2.75. The quantitative estimate of drug-likeness (QED) is 0.261. The summed E-state index contributed by atoms with van der Waals surface area (Å²) in [6, 6.07) is 9.11. The number of ether oxygens (including phenoxy) is 3. The van der Waals surface area contributed by atoms with Gasteiger partial charge in [-0.3, -0.25) is 4.79 Å². The molecule has 4 aliphatic rings. The fourth-order valence-corrected chi connectivity index (χ4v) is 7.67. The predicted molar refractivity (Wildman–Crippen MR) is 137 cm³/mol. The summed E-state index contributed by atoms with van der Waals surface area (Å²) in [5.74, 6) is -3.28. The van der Waals surface area contributed by atoms with Crippen LogP contribution in [0.4, 0.5) is 0 Å². The third-order valence-corrected chi connectivity index (χ3v) is 10.3. The third kappa shape index (κ3) is 4.11. The van der Waals surface area contributed by atoms with E-state index in [1.54, 1.807) is 19.9 Å². The average Bonchev–Trinajstić information content (AvgIpc) is 3.43. The summed E-state index contributed by atoms with van der Waals surface area (Å²) in [6.07, 6.45) is -3.35. The van der Waals surface area contributed by atoms with Crippen molar-refractivity contribution in [2.24, 2.45) is 22.7 Å². The van der Waals surface area contributed by atoms with Crippen molar-refractivity contribution in [1.29, 1.82) is 0 Å². The normalized spacial score (nSPS) is 47.7. The molecule has 2 aliphatic heterocycles. The van der Waals surface area contributed by atoms with Crippen molar-refractivity contribution in [1.82, 2.24) is 0 Å². The van der Waals surface area contributed by atoms with Gasteiger partial charge in [-0.2, -0.15) is 0 Å². The Morgan fingerprint density at radius 1 is 1.15 bits per heavy atom. The number of aliphatic hydroxyl groups is 5. The molecule has 5 N–H and O–H groups in total. The molecule has 0 unspecified atom stereocenters. The number of ketones is 1. The Bertz CT molecular complexity index is 1140. The van der Waals surface area contributed by atoms with Gasteiger partial charge in [0.05, 0.1) is 24.9 Å². The van der Waals surface area contributed by atoms with E-state index in [2.05, 4.69) is 0 Å². The number of aliphatic hydroxyl groups excluding tert-OH is 3. The number of rotatable bonds is 5. The minimum Gasteiger partial charge on any atom is -0.456 e. The maximum atomic E-state index is 13.7. The van der Waals surface area contributed by atoms with Crippen LogP contribution in [0.3, 0.4) is 0 Å². The number of benzene rings is 1. The summed E-state index contributed by atoms with van der Waals surface area (Å²) in [7, 11) is 0. The number of carbonyl (C=O) groups is 2. The third-order valence-electron chi connectivity index (χ3n) is 10.3. The summed E-state index contributed by atoms with van der Waals surface area (Å²) in [4.78, 5) is 26.7. The first-order valence-electron chi connectivity index (χ1n) is 13.5. The zero-order chi connectivity index (χ0) is 28.4. The first kappa shape index (κ1) is 28.4. The van der Waals surface area contributed by atoms with Gasteiger partial charge in [0.2, 0.25) is 0 Å². The molecule has 0 spiro atoms. The van der Waals surface area contributed by atoms with Crippen LogP contribution in [0.25, 0.3) is 6.08 Å². The zero-order valence-corrected chi connectivity index (χ0v) is 22.4. The van der Waals surface area contributed by atoms with Gasteiger partial charge in [0.1, 0.15) is 23.9 Å². The topological polar surface area (TPSA) is 163 Å². The first-order chi connectivity index (χ1) is 18.3. The van der Waals surface area contributed by atoms with Crippen LogP contribution >= 0.6 is 0 Å². The van der Waals surface area contributed by atoms with Crippen molar-refractivity contribution in [3.8, 4) is 0 Å². The minimum absolute atomic E-state index is 0.108. The lowest BCUT2D eigenvalue weighted by molar-refractivity contribution is -0.301. The molecule has 2 heterocycles. The summed E-state index contributed by atoms with van der Waals surface area (Å²) in [5, 5.41) is 55.7. The average molecular weight is 547 g/mol. The van der Waals surface area contributed by atoms with Crippen molar-refractivity contribution in [2.75, 3.05) is 13.2 Å². The van der Waals surface area contributed by atoms with E-state index in [9.17, 15) is 35.1 Å². The second-order valence-electron chi connectivity index (χ2n) is 12.2. The Kier molecular flexibility index (Phi) is 7.07. The summed E-state index contributed by atoms with van der Waals surface area (Å²) in [6.45, 7) is 4.40. The number of carbonyl (C=O) groups excluding carboxylic acids is 2. The van der Waals surface area contributed by atoms with Gasteiger partial charge in [0, 0.05) is 48.0 Å². The molecular formula is C29H38O10. The van der Waals surface area contributed by atoms with E-state index in [0.29, 0.717) is 13.0 Å². The van der Waals surface area contributed by atoms with Crippen molar-refractivity contribution in [3.05, 3.63) is 42.0 Å². The second-order valence-corrected chi connectivity index (χ2v) is 12.2. The molecule has 10 heteroatoms. The Hall–Kier alpha value is -2.18. The lowest BCUT2D eigenvalue weighted by Gasteiger charge is -2.66. The molecule has 214 valence electrons. The van der Waals surface area contributed by atoms with Crippen LogP contribution < -0.4 is 0 Å². The SMILES string of the molecule is C[C@@H]1[C@@H](OC(=O)/C=C/c2ccccc2)[C@H](O)[C@]2(C)[C@H](C(=O)[C@@H](O)C[C@]2(O)CO)[C@@]1(C)[C@@H]1C[C@@]2(O)CCO[C@H]2O1. The molecule has 1 aromatic rings. The molecule has 0 amide bonds. The molecule has 1 aromatic carbocycles. The number of esters is 1. The first-order valence-corrected chi connectivity index (χ1v) is 13.5. The van der Waals surface area contributed by atoms with Crippen molar-refractivity contribution in [2.45, 2.75) is 81.9 Å². The van der Waals surface area contributed by atoms with E-state index >= 15 is 0 Å². The number of hydrogen-bond acceptors (Lipinski definition) is 10. The molecule has 0 aromatic heterocycles. The van der Waals surface area contributed by atoms with Gasteiger partial charge in [0.25, 0.3) is 0 Å². The molecule has 2 saturated carbocycles. The second kappa shape index (κ2) is 9.73. The van der Waals surface area contributed by atoms with Crippen molar-refractivity contribution >= 4 is 17.8 Å². The molecule has 39 heavy (non-hydrogen) atoms.